The van der Waals surface area contributed by atoms with Crippen LogP contribution in [0.15, 0.2) is 24.3 Å². The second kappa shape index (κ2) is 8.05. The third-order valence-electron chi connectivity index (χ3n) is 5.90. The number of likely N-dealkylation sites (tertiary alicyclic amines) is 1. The van der Waals surface area contributed by atoms with E-state index < -0.39 is 5.41 Å². The minimum Gasteiger partial charge on any atom is -0.494 e. The molecule has 28 heavy (non-hydrogen) atoms. The van der Waals surface area contributed by atoms with E-state index in [-0.39, 0.29) is 30.1 Å². The number of amides is 2. The van der Waals surface area contributed by atoms with Gasteiger partial charge in [-0.25, -0.2) is 4.39 Å². The van der Waals surface area contributed by atoms with E-state index in [1.54, 1.807) is 17.0 Å². The molecule has 3 aliphatic rings. The molecule has 2 amide bonds. The first kappa shape index (κ1) is 19.1. The molecule has 1 aromatic rings. The maximum Gasteiger partial charge on any atom is 0.239 e. The van der Waals surface area contributed by atoms with Gasteiger partial charge in [0.1, 0.15) is 11.6 Å². The predicted octanol–water partition coefficient (Wildman–Crippen LogP) is 0.501. The van der Waals surface area contributed by atoms with E-state index in [2.05, 4.69) is 10.2 Å². The average Bonchev–Trinajstić information content (AvgIpc) is 3.24. The van der Waals surface area contributed by atoms with Gasteiger partial charge in [0, 0.05) is 38.6 Å². The number of hydrogen-bond acceptors (Lipinski definition) is 5. The van der Waals surface area contributed by atoms with Crippen LogP contribution in [0, 0.1) is 17.2 Å². The number of benzene rings is 1. The summed E-state index contributed by atoms with van der Waals surface area (Å²) in [4.78, 5) is 28.9. The molecule has 3 heterocycles. The van der Waals surface area contributed by atoms with Crippen LogP contribution in [0.1, 0.15) is 6.42 Å². The fourth-order valence-corrected chi connectivity index (χ4v) is 4.45. The van der Waals surface area contributed by atoms with Gasteiger partial charge < -0.3 is 24.6 Å². The van der Waals surface area contributed by atoms with Crippen molar-refractivity contribution in [2.75, 3.05) is 59.1 Å². The summed E-state index contributed by atoms with van der Waals surface area (Å²) in [5.74, 6) is 0.500. The minimum atomic E-state index is -0.532. The van der Waals surface area contributed by atoms with Crippen LogP contribution >= 0.6 is 0 Å². The zero-order valence-corrected chi connectivity index (χ0v) is 15.9. The van der Waals surface area contributed by atoms with E-state index in [1.165, 1.54) is 12.1 Å². The molecular formula is C20H26FN3O4. The highest BCUT2D eigenvalue weighted by Crippen LogP contribution is 2.42. The Morgan fingerprint density at radius 1 is 1.36 bits per heavy atom. The maximum absolute atomic E-state index is 13.2. The molecule has 4 rings (SSSR count). The number of fused-ring (bicyclic) bond motifs is 1. The minimum absolute atomic E-state index is 0.0508. The molecule has 3 fully saturated rings. The van der Waals surface area contributed by atoms with Crippen molar-refractivity contribution in [2.24, 2.45) is 11.3 Å². The van der Waals surface area contributed by atoms with Crippen LogP contribution in [0.25, 0.3) is 0 Å². The average molecular weight is 391 g/mol. The van der Waals surface area contributed by atoms with E-state index in [0.29, 0.717) is 45.2 Å². The second-order valence-corrected chi connectivity index (χ2v) is 7.84. The summed E-state index contributed by atoms with van der Waals surface area (Å²) in [6.07, 6.45) is 0.821. The number of nitrogens with one attached hydrogen (secondary N) is 1. The summed E-state index contributed by atoms with van der Waals surface area (Å²) in [7, 11) is 0. The lowest BCUT2D eigenvalue weighted by molar-refractivity contribution is -0.147. The Morgan fingerprint density at radius 2 is 2.18 bits per heavy atom. The topological polar surface area (TPSA) is 71.1 Å². The van der Waals surface area contributed by atoms with Gasteiger partial charge in [-0.15, -0.1) is 0 Å². The summed E-state index contributed by atoms with van der Waals surface area (Å²) < 4.78 is 24.2. The van der Waals surface area contributed by atoms with Crippen molar-refractivity contribution in [2.45, 2.75) is 6.42 Å². The van der Waals surface area contributed by atoms with E-state index in [1.807, 2.05) is 0 Å². The first-order valence-electron chi connectivity index (χ1n) is 9.81. The van der Waals surface area contributed by atoms with Crippen LogP contribution < -0.4 is 10.1 Å². The Morgan fingerprint density at radius 3 is 2.96 bits per heavy atom. The number of hydrogen-bond donors (Lipinski definition) is 1. The molecule has 0 radical (unpaired) electrons. The summed E-state index contributed by atoms with van der Waals surface area (Å²) in [5.41, 5.74) is -0.532. The van der Waals surface area contributed by atoms with Crippen LogP contribution in [-0.2, 0) is 14.3 Å². The fourth-order valence-electron chi connectivity index (χ4n) is 4.45. The predicted molar refractivity (Wildman–Crippen MR) is 99.3 cm³/mol. The Balaban J connectivity index is 1.30. The summed E-state index contributed by atoms with van der Waals surface area (Å²) >= 11 is 0. The molecule has 3 saturated heterocycles. The summed E-state index contributed by atoms with van der Waals surface area (Å²) in [6, 6.07) is 6.01. The molecule has 1 aromatic carbocycles. The molecule has 8 heteroatoms. The number of ether oxygens (including phenoxy) is 2. The summed E-state index contributed by atoms with van der Waals surface area (Å²) in [6.45, 7) is 5.07. The van der Waals surface area contributed by atoms with E-state index in [0.717, 1.165) is 19.5 Å². The number of rotatable bonds is 6. The fraction of sp³-hybridized carbons (Fsp3) is 0.600. The molecule has 0 aromatic heterocycles. The first-order valence-corrected chi connectivity index (χ1v) is 9.81. The van der Waals surface area contributed by atoms with Crippen LogP contribution in [0.5, 0.6) is 5.75 Å². The number of nitrogens with zero attached hydrogens (tertiary/aromatic N) is 2. The van der Waals surface area contributed by atoms with Crippen LogP contribution in [0.3, 0.4) is 0 Å². The van der Waals surface area contributed by atoms with Gasteiger partial charge in [0.25, 0.3) is 0 Å². The first-order chi connectivity index (χ1) is 13.6. The standard InChI is InChI=1S/C20H26FN3O4/c21-16-2-4-17(5-3-16)28-9-1-7-23-10-15-12-27-14-20(15,13-23)19(26)24-8-6-22-18(25)11-24/h2-5,15H,1,6-14H2,(H,22,25)/t15-,20-/m1/s1. The Hall–Kier alpha value is -2.19. The van der Waals surface area contributed by atoms with Crippen LogP contribution in [-0.4, -0.2) is 80.7 Å². The lowest BCUT2D eigenvalue weighted by Gasteiger charge is -2.35. The molecule has 0 unspecified atom stereocenters. The van der Waals surface area contributed by atoms with Crippen molar-refractivity contribution in [1.29, 1.82) is 0 Å². The van der Waals surface area contributed by atoms with Crippen molar-refractivity contribution < 1.29 is 23.5 Å². The molecule has 0 aliphatic carbocycles. The third kappa shape index (κ3) is 3.84. The molecule has 1 N–H and O–H groups in total. The van der Waals surface area contributed by atoms with Crippen molar-refractivity contribution in [3.63, 3.8) is 0 Å². The molecule has 152 valence electrons. The molecule has 0 bridgehead atoms. The quantitative estimate of drug-likeness (QED) is 0.716. The Labute approximate surface area is 163 Å². The lowest BCUT2D eigenvalue weighted by Crippen LogP contribution is -2.56. The zero-order valence-electron chi connectivity index (χ0n) is 15.9. The van der Waals surface area contributed by atoms with Gasteiger partial charge in [-0.3, -0.25) is 9.59 Å². The number of carbonyl (C=O) groups excluding carboxylic acids is 2. The monoisotopic (exact) mass is 391 g/mol. The van der Waals surface area contributed by atoms with Crippen LogP contribution in [0.4, 0.5) is 4.39 Å². The number of piperazine rings is 1. The van der Waals surface area contributed by atoms with Gasteiger partial charge in [0.15, 0.2) is 0 Å². The van der Waals surface area contributed by atoms with Gasteiger partial charge in [0.2, 0.25) is 11.8 Å². The van der Waals surface area contributed by atoms with E-state index in [9.17, 15) is 14.0 Å². The Kier molecular flexibility index (Phi) is 5.50. The highest BCUT2D eigenvalue weighted by molar-refractivity contribution is 5.90. The van der Waals surface area contributed by atoms with Gasteiger partial charge in [0.05, 0.1) is 31.8 Å². The second-order valence-electron chi connectivity index (χ2n) is 7.84. The van der Waals surface area contributed by atoms with Crippen molar-refractivity contribution in [1.82, 2.24) is 15.1 Å². The van der Waals surface area contributed by atoms with Crippen molar-refractivity contribution in [3.8, 4) is 5.75 Å². The van der Waals surface area contributed by atoms with Gasteiger partial charge in [-0.05, 0) is 30.7 Å². The number of carbonyl (C=O) groups is 2. The van der Waals surface area contributed by atoms with Crippen LogP contribution in [0.2, 0.25) is 0 Å². The molecule has 0 saturated carbocycles. The van der Waals surface area contributed by atoms with Crippen molar-refractivity contribution in [3.05, 3.63) is 30.1 Å². The lowest BCUT2D eigenvalue weighted by atomic mass is 9.79. The Bertz CT molecular complexity index is 729. The van der Waals surface area contributed by atoms with Gasteiger partial charge >= 0.3 is 0 Å². The highest BCUT2D eigenvalue weighted by atomic mass is 19.1. The zero-order chi connectivity index (χ0) is 19.6. The molecule has 2 atom stereocenters. The molecule has 3 aliphatic heterocycles. The van der Waals surface area contributed by atoms with Crippen molar-refractivity contribution >= 4 is 11.8 Å². The normalized spacial score (nSPS) is 27.5. The molecule has 0 spiro atoms. The molecule has 7 nitrogen and oxygen atoms in total. The van der Waals surface area contributed by atoms with E-state index >= 15 is 0 Å². The third-order valence-corrected chi connectivity index (χ3v) is 5.90. The molecular weight excluding hydrogens is 365 g/mol. The highest BCUT2D eigenvalue weighted by Gasteiger charge is 2.57. The number of halogens is 1. The largest absolute Gasteiger partial charge is 0.494 e. The van der Waals surface area contributed by atoms with Gasteiger partial charge in [-0.2, -0.15) is 0 Å². The van der Waals surface area contributed by atoms with E-state index in [4.69, 9.17) is 9.47 Å². The smallest absolute Gasteiger partial charge is 0.239 e. The summed E-state index contributed by atoms with van der Waals surface area (Å²) in [5, 5.41) is 2.77. The van der Waals surface area contributed by atoms with Gasteiger partial charge in [-0.1, -0.05) is 0 Å². The maximum atomic E-state index is 13.2. The SMILES string of the molecule is O=C1CN(C(=O)[C@]23COC[C@H]2CN(CCCOc2ccc(F)cc2)C3)CCN1.